The number of para-hydroxylation sites is 1. The van der Waals surface area contributed by atoms with Crippen LogP contribution in [0.5, 0.6) is 17.2 Å². The number of aromatic nitrogens is 6. The summed E-state index contributed by atoms with van der Waals surface area (Å²) in [6.45, 7) is 11.2. The largest absolute Gasteiger partial charge is 0.497 e. The highest BCUT2D eigenvalue weighted by Crippen LogP contribution is 2.43. The Balaban J connectivity index is 1.52. The van der Waals surface area contributed by atoms with E-state index >= 15 is 8.42 Å². The van der Waals surface area contributed by atoms with Crippen LogP contribution in [0.4, 0.5) is 4.79 Å². The van der Waals surface area contributed by atoms with Crippen LogP contribution in [0.25, 0.3) is 33.5 Å². The third-order valence-electron chi connectivity index (χ3n) is 11.6. The zero-order chi connectivity index (χ0) is 49.9. The molecule has 0 saturated heterocycles. The molecule has 2 aromatic heterocycles. The molecule has 2 heterocycles. The van der Waals surface area contributed by atoms with E-state index in [2.05, 4.69) is 34.9 Å². The third kappa shape index (κ3) is 11.6. The van der Waals surface area contributed by atoms with Crippen LogP contribution in [-0.4, -0.2) is 108 Å². The fraction of sp³-hybridized carbons (Fsp3) is 0.327. The minimum absolute atomic E-state index is 0.0827. The summed E-state index contributed by atoms with van der Waals surface area (Å²) < 4.78 is 79.7. The van der Waals surface area contributed by atoms with Crippen molar-refractivity contribution < 1.29 is 40.9 Å². The van der Waals surface area contributed by atoms with Gasteiger partial charge in [-0.1, -0.05) is 74.2 Å². The second kappa shape index (κ2) is 20.2. The second-order valence-electron chi connectivity index (χ2n) is 18.8. The lowest BCUT2D eigenvalue weighted by atomic mass is 9.98. The molecule has 0 aliphatic heterocycles. The van der Waals surface area contributed by atoms with Crippen molar-refractivity contribution in [2.75, 3.05) is 27.1 Å². The highest BCUT2D eigenvalue weighted by molar-refractivity contribution is 7.93. The standard InChI is InChI=1S/C49H58N8O9S2Si/c1-49(2,3)56(48(58)59)32-43-50-41-12-10-11-40(45(41)51-43)39-25-26-42(67(60,61)27-28-69(7,8)9)46(44(39)47-52-54-57(53-47)31-35-17-23-38(66-6)24-18-35)68(62,63)55(29-33-13-19-36(64-4)20-14-33)30-34-15-21-37(65-5)22-16-34/h10-26H,27-32H2,1-9H3,(H,50,51)(H,58,59). The van der Waals surface area contributed by atoms with Crippen LogP contribution in [-0.2, 0) is 46.0 Å². The molecular weight excluding hydrogens is 937 g/mol. The Bertz CT molecular complexity index is 3120. The van der Waals surface area contributed by atoms with Gasteiger partial charge in [-0.05, 0) is 103 Å². The monoisotopic (exact) mass is 994 g/mol. The quantitative estimate of drug-likeness (QED) is 0.0727. The minimum atomic E-state index is -4.88. The molecule has 0 atom stereocenters. The van der Waals surface area contributed by atoms with Crippen LogP contribution in [0.1, 0.15) is 43.3 Å². The van der Waals surface area contributed by atoms with Crippen molar-refractivity contribution in [2.24, 2.45) is 0 Å². The van der Waals surface area contributed by atoms with E-state index in [-0.39, 0.29) is 48.9 Å². The lowest BCUT2D eigenvalue weighted by molar-refractivity contribution is 0.0940. The van der Waals surface area contributed by atoms with Crippen molar-refractivity contribution in [1.82, 2.24) is 39.4 Å². The van der Waals surface area contributed by atoms with Gasteiger partial charge in [0.25, 0.3) is 0 Å². The summed E-state index contributed by atoms with van der Waals surface area (Å²) in [4.78, 5) is 22.2. The molecule has 1 amide bonds. The highest BCUT2D eigenvalue weighted by atomic mass is 32.2. The number of H-pyrrole nitrogens is 1. The maximum Gasteiger partial charge on any atom is 0.408 e. The number of rotatable bonds is 19. The van der Waals surface area contributed by atoms with Crippen molar-refractivity contribution in [3.05, 3.63) is 126 Å². The van der Waals surface area contributed by atoms with Crippen LogP contribution in [0.15, 0.2) is 113 Å². The summed E-state index contributed by atoms with van der Waals surface area (Å²) in [5.74, 6) is 1.68. The maximum absolute atomic E-state index is 16.2. The highest BCUT2D eigenvalue weighted by Gasteiger charge is 2.39. The molecule has 0 spiro atoms. The lowest BCUT2D eigenvalue weighted by Gasteiger charge is -2.32. The van der Waals surface area contributed by atoms with Gasteiger partial charge in [-0.3, -0.25) is 4.90 Å². The normalized spacial score (nSPS) is 12.4. The molecule has 0 saturated carbocycles. The molecule has 0 fully saturated rings. The maximum atomic E-state index is 16.2. The molecule has 0 bridgehead atoms. The van der Waals surface area contributed by atoms with E-state index in [9.17, 15) is 18.3 Å². The Morgan fingerprint density at radius 1 is 0.739 bits per heavy atom. The molecule has 5 aromatic carbocycles. The van der Waals surface area contributed by atoms with E-state index in [0.29, 0.717) is 56.8 Å². The number of sulfonamides is 1. The predicted molar refractivity (Wildman–Crippen MR) is 266 cm³/mol. The Morgan fingerprint density at radius 3 is 1.80 bits per heavy atom. The van der Waals surface area contributed by atoms with Crippen molar-refractivity contribution >= 4 is 45.1 Å². The number of hydrogen-bond donors (Lipinski definition) is 2. The van der Waals surface area contributed by atoms with E-state index < -0.39 is 49.4 Å². The summed E-state index contributed by atoms with van der Waals surface area (Å²) in [7, 11) is -6.58. The number of aromatic amines is 1. The van der Waals surface area contributed by atoms with E-state index in [4.69, 9.17) is 24.3 Å². The van der Waals surface area contributed by atoms with E-state index in [1.165, 1.54) is 34.3 Å². The van der Waals surface area contributed by atoms with Gasteiger partial charge in [0.15, 0.2) is 9.84 Å². The molecule has 69 heavy (non-hydrogen) atoms. The number of tetrazole rings is 1. The summed E-state index contributed by atoms with van der Waals surface area (Å²) >= 11 is 0. The average molecular weight is 995 g/mol. The van der Waals surface area contributed by atoms with Crippen LogP contribution in [0, 0.1) is 0 Å². The number of carbonyl (C=O) groups is 1. The molecule has 0 aliphatic rings. The third-order valence-corrected chi connectivity index (χ3v) is 17.4. The number of ether oxygens (including phenoxy) is 3. The zero-order valence-corrected chi connectivity index (χ0v) is 42.9. The van der Waals surface area contributed by atoms with E-state index in [0.717, 1.165) is 5.56 Å². The predicted octanol–water partition coefficient (Wildman–Crippen LogP) is 8.74. The second-order valence-corrected chi connectivity index (χ2v) is 28.4. The number of nitrogens with one attached hydrogen (secondary N) is 1. The Labute approximate surface area is 404 Å². The Kier molecular flexibility index (Phi) is 14.7. The first-order chi connectivity index (χ1) is 32.6. The molecule has 7 rings (SSSR count). The molecule has 0 unspecified atom stereocenters. The van der Waals surface area contributed by atoms with Gasteiger partial charge in [-0.15, -0.1) is 10.2 Å². The number of fused-ring (bicyclic) bond motifs is 1. The van der Waals surface area contributed by atoms with Crippen LogP contribution in [0.3, 0.4) is 0 Å². The molecule has 364 valence electrons. The number of benzene rings is 5. The van der Waals surface area contributed by atoms with Crippen molar-refractivity contribution in [3.8, 4) is 39.8 Å². The fourth-order valence-corrected chi connectivity index (χ4v) is 14.5. The number of amides is 1. The molecule has 2 N–H and O–H groups in total. The van der Waals surface area contributed by atoms with Gasteiger partial charge in [-0.25, -0.2) is 26.6 Å². The SMILES string of the molecule is COc1ccc(CN(Cc2ccc(OC)cc2)S(=O)(=O)c2c(S(=O)(=O)CC[Si](C)(C)C)ccc(-c3cccc4[nH]c(CN(C(=O)O)C(C)(C)C)nc34)c2-c2nnn(Cc3ccc(OC)cc3)n2)cc1. The smallest absolute Gasteiger partial charge is 0.408 e. The van der Waals surface area contributed by atoms with Crippen molar-refractivity contribution in [1.29, 1.82) is 0 Å². The van der Waals surface area contributed by atoms with Gasteiger partial charge in [0.1, 0.15) is 28.0 Å². The minimum Gasteiger partial charge on any atom is -0.497 e. The molecule has 7 aromatic rings. The van der Waals surface area contributed by atoms with Gasteiger partial charge in [0.2, 0.25) is 15.8 Å². The van der Waals surface area contributed by atoms with Crippen molar-refractivity contribution in [3.63, 3.8) is 0 Å². The fourth-order valence-electron chi connectivity index (χ4n) is 7.71. The van der Waals surface area contributed by atoms with Crippen LogP contribution >= 0.6 is 0 Å². The number of carboxylic acid groups (broad SMARTS) is 1. The lowest BCUT2D eigenvalue weighted by Crippen LogP contribution is -2.44. The Hall–Kier alpha value is -6.61. The first kappa shape index (κ1) is 50.3. The Morgan fingerprint density at radius 2 is 1.29 bits per heavy atom. The number of methoxy groups -OCH3 is 3. The average Bonchev–Trinajstić information content (AvgIpc) is 3.96. The van der Waals surface area contributed by atoms with Crippen LogP contribution in [0.2, 0.25) is 25.7 Å². The van der Waals surface area contributed by atoms with Crippen LogP contribution < -0.4 is 14.2 Å². The summed E-state index contributed by atoms with van der Waals surface area (Å²) in [5.41, 5.74) is 2.71. The van der Waals surface area contributed by atoms with Crippen molar-refractivity contribution in [2.45, 2.75) is 88.0 Å². The number of hydrogen-bond acceptors (Lipinski definition) is 12. The molecule has 0 radical (unpaired) electrons. The topological polar surface area (TPSA) is 212 Å². The first-order valence-corrected chi connectivity index (χ1v) is 29.0. The summed E-state index contributed by atoms with van der Waals surface area (Å²) in [6.07, 6.45) is -1.14. The zero-order valence-electron chi connectivity index (χ0n) is 40.2. The first-order valence-electron chi connectivity index (χ1n) is 22.2. The molecule has 17 nitrogen and oxygen atoms in total. The van der Waals surface area contributed by atoms with Gasteiger partial charge >= 0.3 is 6.09 Å². The van der Waals surface area contributed by atoms with E-state index in [1.54, 1.807) is 113 Å². The summed E-state index contributed by atoms with van der Waals surface area (Å²) in [5, 5.41) is 23.8. The number of sulfone groups is 1. The van der Waals surface area contributed by atoms with Gasteiger partial charge in [-0.2, -0.15) is 9.10 Å². The van der Waals surface area contributed by atoms with E-state index in [1.807, 2.05) is 12.1 Å². The molecule has 20 heteroatoms. The van der Waals surface area contributed by atoms with Gasteiger partial charge in [0, 0.05) is 32.3 Å². The van der Waals surface area contributed by atoms with Gasteiger partial charge in [0.05, 0.1) is 61.7 Å². The number of nitrogens with zero attached hydrogens (tertiary/aromatic N) is 7. The summed E-state index contributed by atoms with van der Waals surface area (Å²) in [6, 6.07) is 29.8. The van der Waals surface area contributed by atoms with Gasteiger partial charge < -0.3 is 24.3 Å². The number of imidazole rings is 1. The molecular formula is C49H58N8O9S2Si. The molecule has 0 aliphatic carbocycles.